The van der Waals surface area contributed by atoms with Crippen LogP contribution in [0.25, 0.3) is 0 Å². The van der Waals surface area contributed by atoms with Gasteiger partial charge in [0.1, 0.15) is 16.4 Å². The first-order chi connectivity index (χ1) is 26.6. The minimum atomic E-state index is -4.70. The molecule has 0 spiro atoms. The van der Waals surface area contributed by atoms with E-state index in [1.165, 1.54) is 56.8 Å². The van der Waals surface area contributed by atoms with Crippen LogP contribution < -0.4 is 23.8 Å². The molecule has 1 aromatic heterocycles. The highest BCUT2D eigenvalue weighted by Gasteiger charge is 2.60. The molecule has 6 heterocycles. The summed E-state index contributed by atoms with van der Waals surface area (Å²) in [6.45, 7) is 8.81. The number of sulfonamides is 1. The van der Waals surface area contributed by atoms with Gasteiger partial charge in [0.05, 0.1) is 56.9 Å². The smallest absolute Gasteiger partial charge is 0.318 e. The van der Waals surface area contributed by atoms with E-state index in [-0.39, 0.29) is 51.6 Å². The number of ether oxygens (including phenoxy) is 4. The molecule has 290 valence electrons. The van der Waals surface area contributed by atoms with Crippen LogP contribution in [0.15, 0.2) is 59.6 Å². The molecule has 4 saturated heterocycles. The normalized spacial score (nSPS) is 22.6. The number of fused-ring (bicyclic) bond motifs is 1. The van der Waals surface area contributed by atoms with Crippen LogP contribution in [0.4, 0.5) is 10.5 Å². The Bertz CT molecular complexity index is 2120. The summed E-state index contributed by atoms with van der Waals surface area (Å²) in [5.41, 5.74) is -1.80. The van der Waals surface area contributed by atoms with Crippen LogP contribution in [-0.2, 0) is 25.1 Å². The van der Waals surface area contributed by atoms with Crippen LogP contribution in [0.1, 0.15) is 36.5 Å². The van der Waals surface area contributed by atoms with Crippen molar-refractivity contribution in [3.8, 4) is 23.4 Å². The lowest BCUT2D eigenvalue weighted by molar-refractivity contribution is -0.121. The van der Waals surface area contributed by atoms with E-state index in [0.29, 0.717) is 29.2 Å². The summed E-state index contributed by atoms with van der Waals surface area (Å²) in [6.07, 6.45) is 3.65. The zero-order valence-electron chi connectivity index (χ0n) is 31.1. The molecule has 16 heteroatoms. The molecule has 55 heavy (non-hydrogen) atoms. The third kappa shape index (κ3) is 6.23. The van der Waals surface area contributed by atoms with Gasteiger partial charge in [0.25, 0.3) is 15.9 Å². The average Bonchev–Trinajstić information content (AvgIpc) is 3.39. The second-order valence-corrected chi connectivity index (χ2v) is 16.5. The van der Waals surface area contributed by atoms with E-state index in [9.17, 15) is 18.5 Å². The van der Waals surface area contributed by atoms with Crippen molar-refractivity contribution in [1.29, 1.82) is 5.26 Å². The molecule has 5 aliphatic rings. The van der Waals surface area contributed by atoms with Crippen molar-refractivity contribution in [2.45, 2.75) is 42.3 Å². The summed E-state index contributed by atoms with van der Waals surface area (Å²) in [5.74, 6) is 0.823. The number of carbonyl (C=O) groups excluding carboxylic acids is 2. The van der Waals surface area contributed by atoms with Crippen LogP contribution >= 0.6 is 0 Å². The summed E-state index contributed by atoms with van der Waals surface area (Å²) in [7, 11) is -1.94. The third-order valence-electron chi connectivity index (χ3n) is 11.8. The number of nitriles is 1. The zero-order valence-corrected chi connectivity index (χ0v) is 32.0. The first-order valence-electron chi connectivity index (χ1n) is 18.7. The van der Waals surface area contributed by atoms with Crippen molar-refractivity contribution >= 4 is 27.6 Å². The van der Waals surface area contributed by atoms with Crippen LogP contribution in [0, 0.1) is 23.2 Å². The number of methoxy groups -OCH3 is 2. The minimum absolute atomic E-state index is 0.0344. The number of pyridine rings is 1. The van der Waals surface area contributed by atoms with Crippen molar-refractivity contribution < 1.29 is 37.0 Å². The molecule has 1 N–H and O–H groups in total. The summed E-state index contributed by atoms with van der Waals surface area (Å²) < 4.78 is 52.0. The molecule has 5 aliphatic heterocycles. The van der Waals surface area contributed by atoms with Gasteiger partial charge in [0.15, 0.2) is 5.54 Å². The number of hydrogen-bond donors (Lipinski definition) is 1. The number of likely N-dealkylation sites (tertiary alicyclic amines) is 3. The molecule has 0 radical (unpaired) electrons. The van der Waals surface area contributed by atoms with Crippen LogP contribution in [0.2, 0.25) is 0 Å². The molecule has 0 aliphatic carbocycles. The van der Waals surface area contributed by atoms with Crippen molar-refractivity contribution in [2.75, 3.05) is 77.6 Å². The molecule has 3 aromatic rings. The van der Waals surface area contributed by atoms with Gasteiger partial charge in [-0.25, -0.2) is 18.2 Å². The fourth-order valence-corrected chi connectivity index (χ4v) is 10.1. The molecule has 8 rings (SSSR count). The lowest BCUT2D eigenvalue weighted by Gasteiger charge is -2.53. The number of carbonyl (C=O) groups is 2. The molecule has 3 amide bonds. The van der Waals surface area contributed by atoms with Gasteiger partial charge >= 0.3 is 6.03 Å². The number of urea groups is 1. The molecule has 0 bridgehead atoms. The quantitative estimate of drug-likeness (QED) is 0.304. The van der Waals surface area contributed by atoms with Gasteiger partial charge in [-0.2, -0.15) is 9.57 Å². The molecule has 15 nitrogen and oxygen atoms in total. The lowest BCUT2D eigenvalue weighted by atomic mass is 9.82. The standard InChI is InChI=1S/C39H45N7O8S/c1-4-54-36-31(6-5-13-41-36)39(42-38(48)45-21-29(22-45)43-14-11-28(12-15-43)44-19-26(20-44)27-23-53-24-27)32-16-25(18-40)7-9-33(32)46(37(39)47)55(49,50)35-10-8-30(51-2)17-34(35)52-3/h5-10,13,16-17,26-29H,4,11-12,14-15,19-24H2,1-3H3,(H,42,48)/t39-/m1/s1. The highest BCUT2D eigenvalue weighted by Crippen LogP contribution is 2.50. The van der Waals surface area contributed by atoms with Gasteiger partial charge in [-0.1, -0.05) is 0 Å². The van der Waals surface area contributed by atoms with E-state index in [0.717, 1.165) is 64.1 Å². The van der Waals surface area contributed by atoms with Gasteiger partial charge in [-0.15, -0.1) is 0 Å². The Hall–Kier alpha value is -4.95. The fourth-order valence-electron chi connectivity index (χ4n) is 8.54. The Labute approximate surface area is 320 Å². The molecule has 1 atom stereocenters. The second kappa shape index (κ2) is 14.6. The number of amides is 3. The first kappa shape index (κ1) is 37.0. The SMILES string of the molecule is CCOc1ncccc1[C@]1(NC(=O)N2CC(N3CCC(N4CC(C5COC5)C4)CC3)C2)C(=O)N(S(=O)(=O)c2ccc(OC)cc2OC)c2ccc(C#N)cc21. The summed E-state index contributed by atoms with van der Waals surface area (Å²) in [4.78, 5) is 40.3. The maximum Gasteiger partial charge on any atom is 0.318 e. The van der Waals surface area contributed by atoms with E-state index < -0.39 is 27.5 Å². The van der Waals surface area contributed by atoms with Gasteiger partial charge in [-0.3, -0.25) is 14.6 Å². The predicted octanol–water partition coefficient (Wildman–Crippen LogP) is 2.78. The molecular weight excluding hydrogens is 727 g/mol. The van der Waals surface area contributed by atoms with Gasteiger partial charge < -0.3 is 29.2 Å². The van der Waals surface area contributed by atoms with Crippen molar-refractivity contribution in [3.05, 3.63) is 71.4 Å². The van der Waals surface area contributed by atoms with E-state index >= 15 is 4.79 Å². The fraction of sp³-hybridized carbons (Fsp3) is 0.487. The predicted molar refractivity (Wildman–Crippen MR) is 199 cm³/mol. The maximum absolute atomic E-state index is 15.2. The zero-order chi connectivity index (χ0) is 38.5. The summed E-state index contributed by atoms with van der Waals surface area (Å²) >= 11 is 0. The van der Waals surface area contributed by atoms with Gasteiger partial charge in [0.2, 0.25) is 5.88 Å². The Balaban J connectivity index is 1.08. The number of piperidine rings is 1. The summed E-state index contributed by atoms with van der Waals surface area (Å²) in [5, 5.41) is 12.9. The first-order valence-corrected chi connectivity index (χ1v) is 20.1. The molecule has 4 fully saturated rings. The largest absolute Gasteiger partial charge is 0.497 e. The Morgan fingerprint density at radius 3 is 2.40 bits per heavy atom. The van der Waals surface area contributed by atoms with Crippen LogP contribution in [-0.4, -0.2) is 125 Å². The number of nitrogens with one attached hydrogen (secondary N) is 1. The maximum atomic E-state index is 15.2. The Morgan fingerprint density at radius 2 is 1.75 bits per heavy atom. The van der Waals surface area contributed by atoms with Gasteiger partial charge in [0, 0.05) is 75.1 Å². The Kier molecular flexibility index (Phi) is 9.83. The van der Waals surface area contributed by atoms with Gasteiger partial charge in [-0.05, 0) is 68.1 Å². The van der Waals surface area contributed by atoms with E-state index in [1.54, 1.807) is 24.0 Å². The number of aromatic nitrogens is 1. The van der Waals surface area contributed by atoms with Crippen molar-refractivity contribution in [1.82, 2.24) is 25.0 Å². The monoisotopic (exact) mass is 771 g/mol. The second-order valence-electron chi connectivity index (χ2n) is 14.7. The number of nitrogens with zero attached hydrogens (tertiary/aromatic N) is 6. The Morgan fingerprint density at radius 1 is 0.982 bits per heavy atom. The molecular formula is C39H45N7O8S. The summed E-state index contributed by atoms with van der Waals surface area (Å²) in [6, 6.07) is 13.8. The number of hydrogen-bond acceptors (Lipinski definition) is 12. The lowest BCUT2D eigenvalue weighted by Crippen LogP contribution is -2.67. The van der Waals surface area contributed by atoms with Crippen LogP contribution in [0.5, 0.6) is 17.4 Å². The highest BCUT2D eigenvalue weighted by atomic mass is 32.2. The van der Waals surface area contributed by atoms with Crippen LogP contribution in [0.3, 0.4) is 0 Å². The number of anilines is 1. The van der Waals surface area contributed by atoms with Crippen molar-refractivity contribution in [2.24, 2.45) is 11.8 Å². The van der Waals surface area contributed by atoms with E-state index in [1.807, 2.05) is 0 Å². The highest BCUT2D eigenvalue weighted by molar-refractivity contribution is 7.93. The molecule has 0 saturated carbocycles. The molecule has 2 aromatic carbocycles. The van der Waals surface area contributed by atoms with E-state index in [4.69, 9.17) is 18.9 Å². The third-order valence-corrected chi connectivity index (χ3v) is 13.6. The average molecular weight is 772 g/mol. The minimum Gasteiger partial charge on any atom is -0.497 e. The number of benzene rings is 2. The molecule has 0 unspecified atom stereocenters. The number of rotatable bonds is 11. The topological polar surface area (TPSA) is 167 Å². The van der Waals surface area contributed by atoms with E-state index in [2.05, 4.69) is 26.2 Å². The van der Waals surface area contributed by atoms with Crippen molar-refractivity contribution in [3.63, 3.8) is 0 Å².